The van der Waals surface area contributed by atoms with Gasteiger partial charge in [0.2, 0.25) is 0 Å². The van der Waals surface area contributed by atoms with E-state index < -0.39 is 64.6 Å². The highest BCUT2D eigenvalue weighted by atomic mass is 19.4. The van der Waals surface area contributed by atoms with Crippen molar-refractivity contribution in [3.63, 3.8) is 0 Å². The van der Waals surface area contributed by atoms with Crippen LogP contribution in [0, 0.1) is 5.92 Å². The smallest absolute Gasteiger partial charge is 0.369 e. The Morgan fingerprint density at radius 2 is 0.875 bits per heavy atom. The maximum Gasteiger partial charge on any atom is 0.430 e. The summed E-state index contributed by atoms with van der Waals surface area (Å²) in [5, 5.41) is 19.1. The van der Waals surface area contributed by atoms with Crippen molar-refractivity contribution in [2.75, 3.05) is 0 Å². The molecule has 1 aromatic rings. The monoisotopic (exact) mass is 494 g/mol. The molecule has 0 fully saturated rings. The molecule has 0 aliphatic rings. The predicted molar refractivity (Wildman–Crippen MR) is 86.3 cm³/mol. The highest BCUT2D eigenvalue weighted by Gasteiger charge is 2.74. The molecule has 0 spiro atoms. The van der Waals surface area contributed by atoms with Gasteiger partial charge in [0.15, 0.2) is 0 Å². The Morgan fingerprint density at radius 1 is 0.594 bits per heavy atom. The van der Waals surface area contributed by atoms with Gasteiger partial charge in [-0.15, -0.1) is 0 Å². The Hall–Kier alpha value is -1.70. The minimum absolute atomic E-state index is 0.0324. The molecular formula is C18H18F12O2. The van der Waals surface area contributed by atoms with Crippen LogP contribution in [0.4, 0.5) is 52.7 Å². The molecule has 1 rings (SSSR count). The molecule has 0 radical (unpaired) electrons. The first-order chi connectivity index (χ1) is 13.9. The van der Waals surface area contributed by atoms with Crippen molar-refractivity contribution in [1.29, 1.82) is 0 Å². The average Bonchev–Trinajstić information content (AvgIpc) is 2.55. The first kappa shape index (κ1) is 28.3. The molecule has 0 aliphatic carbocycles. The lowest BCUT2D eigenvalue weighted by Crippen LogP contribution is -2.56. The summed E-state index contributed by atoms with van der Waals surface area (Å²) in [6, 6.07) is -0.719. The predicted octanol–water partition coefficient (Wildman–Crippen LogP) is 6.46. The molecule has 186 valence electrons. The van der Waals surface area contributed by atoms with Crippen LogP contribution in [-0.4, -0.2) is 34.9 Å². The lowest BCUT2D eigenvalue weighted by Gasteiger charge is -2.36. The number of halogens is 12. The molecule has 0 bridgehead atoms. The summed E-state index contributed by atoms with van der Waals surface area (Å²) >= 11 is 0. The van der Waals surface area contributed by atoms with Crippen molar-refractivity contribution in [1.82, 2.24) is 0 Å². The SMILES string of the molecule is CC(C)CC(C)c1cc(C(O)(C(F)(F)F)C(F)(F)F)cc(C(O)(C(F)(F)F)C(F)(F)F)c1. The van der Waals surface area contributed by atoms with Crippen LogP contribution in [0.5, 0.6) is 0 Å². The molecule has 2 nitrogen and oxygen atoms in total. The number of benzene rings is 1. The summed E-state index contributed by atoms with van der Waals surface area (Å²) in [4.78, 5) is 0. The van der Waals surface area contributed by atoms with Crippen molar-refractivity contribution < 1.29 is 62.9 Å². The van der Waals surface area contributed by atoms with Crippen LogP contribution in [0.1, 0.15) is 49.8 Å². The largest absolute Gasteiger partial charge is 0.430 e. The van der Waals surface area contributed by atoms with E-state index in [4.69, 9.17) is 0 Å². The molecule has 1 atom stereocenters. The van der Waals surface area contributed by atoms with Gasteiger partial charge in [0.1, 0.15) is 0 Å². The summed E-state index contributed by atoms with van der Waals surface area (Å²) in [5.74, 6) is -1.45. The quantitative estimate of drug-likeness (QED) is 0.462. The van der Waals surface area contributed by atoms with E-state index in [9.17, 15) is 62.9 Å². The molecular weight excluding hydrogens is 476 g/mol. The summed E-state index contributed by atoms with van der Waals surface area (Å²) in [6.45, 7) is 4.21. The van der Waals surface area contributed by atoms with Gasteiger partial charge in [0, 0.05) is 11.1 Å². The minimum Gasteiger partial charge on any atom is -0.369 e. The first-order valence-corrected chi connectivity index (χ1v) is 8.78. The molecule has 0 aliphatic heterocycles. The van der Waals surface area contributed by atoms with E-state index in [0.717, 1.165) is 6.92 Å². The van der Waals surface area contributed by atoms with Crippen LogP contribution in [0.25, 0.3) is 0 Å². The van der Waals surface area contributed by atoms with E-state index in [-0.39, 0.29) is 24.5 Å². The number of aliphatic hydroxyl groups is 2. The molecule has 0 heterocycles. The Bertz CT molecular complexity index is 718. The lowest BCUT2D eigenvalue weighted by molar-refractivity contribution is -0.378. The van der Waals surface area contributed by atoms with E-state index in [1.807, 2.05) is 0 Å². The zero-order valence-electron chi connectivity index (χ0n) is 16.5. The number of rotatable bonds is 5. The van der Waals surface area contributed by atoms with Crippen molar-refractivity contribution in [2.45, 2.75) is 69.0 Å². The van der Waals surface area contributed by atoms with Crippen LogP contribution in [-0.2, 0) is 11.2 Å². The maximum atomic E-state index is 13.2. The molecule has 0 saturated heterocycles. The van der Waals surface area contributed by atoms with Gasteiger partial charge in [-0.05, 0) is 29.9 Å². The van der Waals surface area contributed by atoms with E-state index in [1.54, 1.807) is 0 Å². The molecule has 0 saturated carbocycles. The fourth-order valence-corrected chi connectivity index (χ4v) is 3.17. The molecule has 14 heteroatoms. The van der Waals surface area contributed by atoms with Crippen molar-refractivity contribution >= 4 is 0 Å². The van der Waals surface area contributed by atoms with Gasteiger partial charge in [0.25, 0.3) is 11.2 Å². The summed E-state index contributed by atoms with van der Waals surface area (Å²) < 4.78 is 159. The van der Waals surface area contributed by atoms with E-state index in [1.165, 1.54) is 13.8 Å². The highest BCUT2D eigenvalue weighted by Crippen LogP contribution is 2.54. The van der Waals surface area contributed by atoms with Crippen LogP contribution >= 0.6 is 0 Å². The zero-order valence-corrected chi connectivity index (χ0v) is 16.5. The second-order valence-corrected chi connectivity index (χ2v) is 7.79. The van der Waals surface area contributed by atoms with Crippen LogP contribution < -0.4 is 0 Å². The maximum absolute atomic E-state index is 13.2. The molecule has 1 unspecified atom stereocenters. The van der Waals surface area contributed by atoms with E-state index in [0.29, 0.717) is 0 Å². The van der Waals surface area contributed by atoms with E-state index in [2.05, 4.69) is 0 Å². The second kappa shape index (κ2) is 8.26. The average molecular weight is 494 g/mol. The van der Waals surface area contributed by atoms with Gasteiger partial charge in [-0.1, -0.05) is 32.9 Å². The summed E-state index contributed by atoms with van der Waals surface area (Å²) in [7, 11) is 0. The van der Waals surface area contributed by atoms with Gasteiger partial charge in [-0.3, -0.25) is 0 Å². The highest BCUT2D eigenvalue weighted by molar-refractivity contribution is 5.41. The van der Waals surface area contributed by atoms with Gasteiger partial charge >= 0.3 is 24.7 Å². The third-order valence-corrected chi connectivity index (χ3v) is 4.83. The molecule has 1 aromatic carbocycles. The van der Waals surface area contributed by atoms with Gasteiger partial charge in [-0.25, -0.2) is 0 Å². The van der Waals surface area contributed by atoms with E-state index >= 15 is 0 Å². The normalized spacial score (nSPS) is 15.9. The molecule has 0 amide bonds. The lowest BCUT2D eigenvalue weighted by atomic mass is 9.81. The van der Waals surface area contributed by atoms with Gasteiger partial charge in [-0.2, -0.15) is 52.7 Å². The fraction of sp³-hybridized carbons (Fsp3) is 0.667. The van der Waals surface area contributed by atoms with Gasteiger partial charge < -0.3 is 10.2 Å². The topological polar surface area (TPSA) is 40.5 Å². The second-order valence-electron chi connectivity index (χ2n) is 7.79. The first-order valence-electron chi connectivity index (χ1n) is 8.78. The Kier molecular flexibility index (Phi) is 7.31. The van der Waals surface area contributed by atoms with Crippen molar-refractivity contribution in [3.8, 4) is 0 Å². The number of hydrogen-bond donors (Lipinski definition) is 2. The third kappa shape index (κ3) is 4.80. The van der Waals surface area contributed by atoms with Crippen molar-refractivity contribution in [2.24, 2.45) is 5.92 Å². The number of alkyl halides is 12. The zero-order chi connectivity index (χ0) is 25.7. The van der Waals surface area contributed by atoms with Crippen LogP contribution in [0.15, 0.2) is 18.2 Å². The molecule has 32 heavy (non-hydrogen) atoms. The van der Waals surface area contributed by atoms with Crippen LogP contribution in [0.3, 0.4) is 0 Å². The standard InChI is InChI=1S/C18H18F12O2/c1-8(2)4-9(3)10-5-11(13(31,15(19,20)21)16(22,23)24)7-12(6-10)14(32,17(25,26)27)18(28,29)30/h5-9,31-32H,4H2,1-3H3. The third-order valence-electron chi connectivity index (χ3n) is 4.83. The Balaban J connectivity index is 4.13. The summed E-state index contributed by atoms with van der Waals surface area (Å²) in [6.07, 6.45) is -26.3. The minimum atomic E-state index is -6.57. The number of hydrogen-bond acceptors (Lipinski definition) is 2. The molecule has 2 N–H and O–H groups in total. The molecule has 0 aromatic heterocycles. The van der Waals surface area contributed by atoms with Crippen LogP contribution in [0.2, 0.25) is 0 Å². The Labute approximate surface area is 173 Å². The van der Waals surface area contributed by atoms with Gasteiger partial charge in [0.05, 0.1) is 0 Å². The Morgan fingerprint density at radius 3 is 1.09 bits per heavy atom. The van der Waals surface area contributed by atoms with Crippen molar-refractivity contribution in [3.05, 3.63) is 34.9 Å². The fourth-order valence-electron chi connectivity index (χ4n) is 3.17. The summed E-state index contributed by atoms with van der Waals surface area (Å²) in [5.41, 5.74) is -17.1.